The van der Waals surface area contributed by atoms with Crippen LogP contribution in [0.25, 0.3) is 0 Å². The molecule has 9 fully saturated rings. The number of carbonyl (C=O) groups is 3. The first-order valence-corrected chi connectivity index (χ1v) is 25.6. The third-order valence-electron chi connectivity index (χ3n) is 17.9. The summed E-state index contributed by atoms with van der Waals surface area (Å²) in [5.41, 5.74) is 0. The number of nitrogens with zero attached hydrogens (tertiary/aromatic N) is 4. The normalized spacial score (nSPS) is 48.4. The molecule has 0 bridgehead atoms. The second-order valence-corrected chi connectivity index (χ2v) is 22.4. The molecule has 0 spiro atoms. The van der Waals surface area contributed by atoms with Crippen LogP contribution in [0.15, 0.2) is 20.5 Å². The van der Waals surface area contributed by atoms with E-state index in [2.05, 4.69) is 10.6 Å². The van der Waals surface area contributed by atoms with Crippen LogP contribution in [0.5, 0.6) is 0 Å². The van der Waals surface area contributed by atoms with Crippen LogP contribution in [-0.2, 0) is 14.4 Å². The number of hydrogen-bond donors (Lipinski definition) is 4. The number of halogens is 2. The standard InChI is InChI=1S/C47H72Cl2N6O5/c48-37-13-5-7-15-39(37)50-46(59)35-21-25-9-1-3-11-29(25)41(44(35)57)54-52-27-17-19-31-32-20-18-28(24-34(32)43(56)33(31)23-27)53-55-42-30-12-4-2-10-26(30)22-36(45(42)58)47(60)51-40-16-8-6-14-38(40)49/h25-42,44-45,57-58H,1-24H2,(H,50,59)(H,51,60). The quantitative estimate of drug-likeness (QED) is 0.142. The van der Waals surface area contributed by atoms with Gasteiger partial charge in [-0.2, -0.15) is 20.5 Å². The molecular weight excluding hydrogens is 799 g/mol. The van der Waals surface area contributed by atoms with Crippen LogP contribution in [-0.4, -0.2) is 87.0 Å². The van der Waals surface area contributed by atoms with E-state index in [0.717, 1.165) is 128 Å². The maximum absolute atomic E-state index is 14.2. The van der Waals surface area contributed by atoms with Crippen LogP contribution in [0.2, 0.25) is 0 Å². The first kappa shape index (κ1) is 43.6. The lowest BCUT2D eigenvalue weighted by atomic mass is 9.64. The Hall–Kier alpha value is -1.69. The van der Waals surface area contributed by atoms with Crippen molar-refractivity contribution in [3.05, 3.63) is 0 Å². The predicted octanol–water partition coefficient (Wildman–Crippen LogP) is 8.49. The van der Waals surface area contributed by atoms with E-state index in [4.69, 9.17) is 43.7 Å². The Balaban J connectivity index is 0.825. The van der Waals surface area contributed by atoms with E-state index in [9.17, 15) is 24.6 Å². The first-order valence-electron chi connectivity index (χ1n) is 24.7. The van der Waals surface area contributed by atoms with E-state index in [-0.39, 0.29) is 70.4 Å². The molecule has 0 aromatic carbocycles. The van der Waals surface area contributed by atoms with E-state index in [1.165, 1.54) is 0 Å². The summed E-state index contributed by atoms with van der Waals surface area (Å²) in [6, 6.07) is -0.979. The molecule has 0 aliphatic heterocycles. The van der Waals surface area contributed by atoms with Crippen LogP contribution < -0.4 is 10.6 Å². The van der Waals surface area contributed by atoms with E-state index >= 15 is 0 Å². The fraction of sp³-hybridized carbons (Fsp3) is 0.936. The summed E-state index contributed by atoms with van der Waals surface area (Å²) in [5, 5.41) is 49.6. The number of carbonyl (C=O) groups excluding carboxylic acids is 3. The molecule has 4 N–H and O–H groups in total. The summed E-state index contributed by atoms with van der Waals surface area (Å²) in [7, 11) is 0. The zero-order chi connectivity index (χ0) is 41.5. The molecule has 20 unspecified atom stereocenters. The van der Waals surface area contributed by atoms with E-state index in [1.807, 2.05) is 0 Å². The number of ketones is 1. The highest BCUT2D eigenvalue weighted by atomic mass is 35.5. The average Bonchev–Trinajstić information content (AvgIpc) is 3.53. The fourth-order valence-corrected chi connectivity index (χ4v) is 15.3. The SMILES string of the molecule is O=C(NC1CCCCC1Cl)C1CC2CCCCC2C(N=NC2CCC3C(C2)C(=O)C2CC(N=NC4C(O)C(C(=O)NC5CCCCC5Cl)CC5CCCCC54)CCC23)C1O. The van der Waals surface area contributed by atoms with Gasteiger partial charge in [0, 0.05) is 23.9 Å². The van der Waals surface area contributed by atoms with Gasteiger partial charge in [0.25, 0.3) is 0 Å². The van der Waals surface area contributed by atoms with Crippen molar-refractivity contribution < 1.29 is 24.6 Å². The van der Waals surface area contributed by atoms with Crippen molar-refractivity contribution >= 4 is 40.8 Å². The van der Waals surface area contributed by atoms with Crippen molar-refractivity contribution in [3.63, 3.8) is 0 Å². The maximum atomic E-state index is 14.2. The molecule has 9 rings (SSSR count). The van der Waals surface area contributed by atoms with Crippen molar-refractivity contribution in [3.8, 4) is 0 Å². The van der Waals surface area contributed by atoms with Gasteiger partial charge in [-0.1, -0.05) is 64.2 Å². The molecule has 2 amide bonds. The molecule has 20 atom stereocenters. The molecule has 9 saturated carbocycles. The maximum Gasteiger partial charge on any atom is 0.226 e. The van der Waals surface area contributed by atoms with Crippen molar-refractivity contribution in [1.29, 1.82) is 0 Å². The van der Waals surface area contributed by atoms with Gasteiger partial charge in [0.1, 0.15) is 17.9 Å². The molecular formula is C47H72Cl2N6O5. The van der Waals surface area contributed by atoms with Crippen molar-refractivity contribution in [2.24, 2.45) is 79.6 Å². The molecule has 11 nitrogen and oxygen atoms in total. The van der Waals surface area contributed by atoms with E-state index < -0.39 is 36.1 Å². The average molecular weight is 872 g/mol. The molecule has 9 aliphatic rings. The predicted molar refractivity (Wildman–Crippen MR) is 231 cm³/mol. The van der Waals surface area contributed by atoms with Crippen molar-refractivity contribution in [1.82, 2.24) is 10.6 Å². The summed E-state index contributed by atoms with van der Waals surface area (Å²) < 4.78 is 0. The summed E-state index contributed by atoms with van der Waals surface area (Å²) >= 11 is 13.2. The molecule has 0 aromatic rings. The number of Topliss-reactive ketones (excluding diaryl/α,β-unsaturated/α-hetero) is 1. The van der Waals surface area contributed by atoms with Gasteiger partial charge >= 0.3 is 0 Å². The largest absolute Gasteiger partial charge is 0.390 e. The number of hydrogen-bond acceptors (Lipinski definition) is 9. The molecule has 0 radical (unpaired) electrons. The van der Waals surface area contributed by atoms with Gasteiger partial charge in [-0.15, -0.1) is 23.2 Å². The minimum atomic E-state index is -0.870. The number of fused-ring (bicyclic) bond motifs is 5. The molecule has 9 aliphatic carbocycles. The van der Waals surface area contributed by atoms with Crippen LogP contribution in [0.3, 0.4) is 0 Å². The molecule has 60 heavy (non-hydrogen) atoms. The number of alkyl halides is 2. The second-order valence-electron chi connectivity index (χ2n) is 21.2. The van der Waals surface area contributed by atoms with Gasteiger partial charge < -0.3 is 20.8 Å². The van der Waals surface area contributed by atoms with Crippen molar-refractivity contribution in [2.75, 3.05) is 0 Å². The molecule has 0 aromatic heterocycles. The monoisotopic (exact) mass is 870 g/mol. The number of aliphatic hydroxyl groups excluding tert-OH is 2. The Morgan fingerprint density at radius 3 is 1.32 bits per heavy atom. The zero-order valence-electron chi connectivity index (χ0n) is 35.7. The molecule has 0 saturated heterocycles. The topological polar surface area (TPSA) is 165 Å². The highest BCUT2D eigenvalue weighted by Crippen LogP contribution is 2.54. The zero-order valence-corrected chi connectivity index (χ0v) is 37.2. The van der Waals surface area contributed by atoms with Gasteiger partial charge in [0.15, 0.2) is 0 Å². The number of rotatable bonds is 8. The van der Waals surface area contributed by atoms with Gasteiger partial charge in [0.2, 0.25) is 11.8 Å². The summed E-state index contributed by atoms with van der Waals surface area (Å²) in [6.07, 6.45) is 21.4. The Morgan fingerprint density at radius 1 is 0.483 bits per heavy atom. The number of nitrogens with one attached hydrogen (secondary N) is 2. The summed E-state index contributed by atoms with van der Waals surface area (Å²) in [6.45, 7) is 0. The number of azo groups is 2. The van der Waals surface area contributed by atoms with Crippen LogP contribution >= 0.6 is 23.2 Å². The minimum Gasteiger partial charge on any atom is -0.390 e. The Morgan fingerprint density at radius 2 is 0.883 bits per heavy atom. The first-order chi connectivity index (χ1) is 29.1. The molecule has 0 heterocycles. The highest BCUT2D eigenvalue weighted by molar-refractivity contribution is 6.21. The second kappa shape index (κ2) is 19.2. The van der Waals surface area contributed by atoms with E-state index in [1.54, 1.807) is 0 Å². The Kier molecular flexibility index (Phi) is 13.9. The van der Waals surface area contributed by atoms with Crippen LogP contribution in [0.1, 0.15) is 154 Å². The summed E-state index contributed by atoms with van der Waals surface area (Å²) in [5.74, 6) is 1.06. The van der Waals surface area contributed by atoms with Gasteiger partial charge in [-0.3, -0.25) is 14.4 Å². The van der Waals surface area contributed by atoms with Gasteiger partial charge in [-0.05, 0) is 125 Å². The highest BCUT2D eigenvalue weighted by Gasteiger charge is 2.55. The lowest BCUT2D eigenvalue weighted by Crippen LogP contribution is -2.55. The third-order valence-corrected chi connectivity index (χ3v) is 18.9. The van der Waals surface area contributed by atoms with Crippen molar-refractivity contribution in [2.45, 2.75) is 213 Å². The lowest BCUT2D eigenvalue weighted by Gasteiger charge is -2.45. The van der Waals surface area contributed by atoms with Gasteiger partial charge in [-0.25, -0.2) is 0 Å². The number of aliphatic hydroxyl groups is 2. The number of amides is 2. The minimum absolute atomic E-state index is 0.0243. The Bertz CT molecular complexity index is 1490. The molecule has 13 heteroatoms. The van der Waals surface area contributed by atoms with Crippen LogP contribution in [0, 0.1) is 59.2 Å². The Labute approximate surface area is 367 Å². The third kappa shape index (κ3) is 9.01. The fourth-order valence-electron chi connectivity index (χ4n) is 14.6. The smallest absolute Gasteiger partial charge is 0.226 e. The lowest BCUT2D eigenvalue weighted by molar-refractivity contribution is -0.136. The van der Waals surface area contributed by atoms with Gasteiger partial charge in [0.05, 0.1) is 46.9 Å². The molecule has 334 valence electrons. The van der Waals surface area contributed by atoms with Crippen LogP contribution in [0.4, 0.5) is 0 Å². The summed E-state index contributed by atoms with van der Waals surface area (Å²) in [4.78, 5) is 41.6. The van der Waals surface area contributed by atoms with E-state index in [0.29, 0.717) is 55.1 Å².